The first-order chi connectivity index (χ1) is 17.0. The Bertz CT molecular complexity index is 1140. The summed E-state index contributed by atoms with van der Waals surface area (Å²) < 4.78 is 10.8. The molecule has 0 saturated carbocycles. The fraction of sp³-hybridized carbons (Fsp3) is 0.370. The molecule has 1 aliphatic rings. The van der Waals surface area contributed by atoms with E-state index in [0.29, 0.717) is 38.3 Å². The fourth-order valence-electron chi connectivity index (χ4n) is 4.39. The third kappa shape index (κ3) is 5.48. The Morgan fingerprint density at radius 3 is 2.49 bits per heavy atom. The van der Waals surface area contributed by atoms with Gasteiger partial charge in [-0.25, -0.2) is 4.98 Å². The highest BCUT2D eigenvalue weighted by Gasteiger charge is 2.34. The molecule has 1 fully saturated rings. The molecule has 0 N–H and O–H groups in total. The quantitative estimate of drug-likeness (QED) is 0.404. The number of carbonyl (C=O) groups excluding carboxylic acids is 2. The van der Waals surface area contributed by atoms with Gasteiger partial charge in [0.25, 0.3) is 0 Å². The van der Waals surface area contributed by atoms with Crippen LogP contribution in [0.1, 0.15) is 26.7 Å². The van der Waals surface area contributed by atoms with Gasteiger partial charge in [0.15, 0.2) is 5.13 Å². The van der Waals surface area contributed by atoms with Gasteiger partial charge in [-0.05, 0) is 38.8 Å². The Balaban J connectivity index is 1.60. The number of amides is 1. The number of aromatic nitrogens is 1. The van der Waals surface area contributed by atoms with Crippen molar-refractivity contribution in [3.05, 3.63) is 60.0 Å². The summed E-state index contributed by atoms with van der Waals surface area (Å²) in [5, 5.41) is 2.73. The van der Waals surface area contributed by atoms with Gasteiger partial charge in [-0.2, -0.15) is 0 Å². The molecule has 7 nitrogen and oxygen atoms in total. The van der Waals surface area contributed by atoms with Crippen molar-refractivity contribution in [3.8, 4) is 17.0 Å². The maximum Gasteiger partial charge on any atom is 0.309 e. The van der Waals surface area contributed by atoms with E-state index in [-0.39, 0.29) is 17.8 Å². The molecule has 2 aromatic carbocycles. The average molecular weight is 494 g/mol. The average Bonchev–Trinajstić information content (AvgIpc) is 3.39. The number of piperidine rings is 1. The molecule has 1 saturated heterocycles. The molecule has 2 heterocycles. The number of esters is 1. The van der Waals surface area contributed by atoms with E-state index < -0.39 is 6.04 Å². The lowest BCUT2D eigenvalue weighted by atomic mass is 9.96. The van der Waals surface area contributed by atoms with E-state index in [0.717, 1.165) is 22.1 Å². The van der Waals surface area contributed by atoms with Gasteiger partial charge in [-0.3, -0.25) is 9.59 Å². The minimum atomic E-state index is -0.514. The van der Waals surface area contributed by atoms with Gasteiger partial charge in [0.05, 0.1) is 31.0 Å². The summed E-state index contributed by atoms with van der Waals surface area (Å²) in [5.41, 5.74) is 2.67. The maximum atomic E-state index is 13.7. The highest BCUT2D eigenvalue weighted by molar-refractivity contribution is 7.14. The largest absolute Gasteiger partial charge is 0.495 e. The maximum absolute atomic E-state index is 13.7. The van der Waals surface area contributed by atoms with E-state index >= 15 is 0 Å². The summed E-state index contributed by atoms with van der Waals surface area (Å²) in [4.78, 5) is 34.5. The van der Waals surface area contributed by atoms with Crippen LogP contribution in [0.5, 0.6) is 5.75 Å². The van der Waals surface area contributed by atoms with Crippen LogP contribution in [0.25, 0.3) is 11.3 Å². The van der Waals surface area contributed by atoms with E-state index in [1.165, 1.54) is 11.3 Å². The third-order valence-corrected chi connectivity index (χ3v) is 7.12. The molecule has 1 atom stereocenters. The first kappa shape index (κ1) is 24.7. The summed E-state index contributed by atoms with van der Waals surface area (Å²) >= 11 is 1.50. The minimum absolute atomic E-state index is 0.00493. The van der Waals surface area contributed by atoms with Gasteiger partial charge in [0.1, 0.15) is 11.8 Å². The van der Waals surface area contributed by atoms with E-state index in [1.54, 1.807) is 7.11 Å². The normalized spacial score (nSPS) is 14.9. The Labute approximate surface area is 210 Å². The zero-order valence-corrected chi connectivity index (χ0v) is 21.2. The molecule has 0 radical (unpaired) electrons. The Kier molecular flexibility index (Phi) is 8.02. The second-order valence-electron chi connectivity index (χ2n) is 8.45. The SMILES string of the molecule is CCOC(=O)C1CCN(C(=O)[C@H](C)N(c2nc(-c3ccccc3)cs2)c2ccccc2OC)CC1. The van der Waals surface area contributed by atoms with Crippen LogP contribution in [-0.2, 0) is 14.3 Å². The first-order valence-corrected chi connectivity index (χ1v) is 12.8. The summed E-state index contributed by atoms with van der Waals surface area (Å²) in [6.07, 6.45) is 1.22. The minimum Gasteiger partial charge on any atom is -0.495 e. The van der Waals surface area contributed by atoms with Gasteiger partial charge in [0.2, 0.25) is 5.91 Å². The third-order valence-electron chi connectivity index (χ3n) is 6.28. The summed E-state index contributed by atoms with van der Waals surface area (Å²) in [5.74, 6) is 0.353. The Hall–Kier alpha value is -3.39. The number of ether oxygens (including phenoxy) is 2. The van der Waals surface area contributed by atoms with Crippen molar-refractivity contribution in [1.29, 1.82) is 0 Å². The second kappa shape index (κ2) is 11.4. The molecule has 4 rings (SSSR count). The van der Waals surface area contributed by atoms with E-state index in [2.05, 4.69) is 0 Å². The van der Waals surface area contributed by atoms with Crippen LogP contribution in [0.2, 0.25) is 0 Å². The van der Waals surface area contributed by atoms with E-state index in [4.69, 9.17) is 14.5 Å². The molecule has 1 aromatic heterocycles. The van der Waals surface area contributed by atoms with Gasteiger partial charge < -0.3 is 19.3 Å². The predicted octanol–water partition coefficient (Wildman–Crippen LogP) is 5.15. The molecule has 0 unspecified atom stereocenters. The number of carbonyl (C=O) groups is 2. The molecular formula is C27H31N3O4S. The lowest BCUT2D eigenvalue weighted by Gasteiger charge is -2.36. The number of rotatable bonds is 8. The summed E-state index contributed by atoms with van der Waals surface area (Å²) in [6, 6.07) is 17.1. The zero-order chi connectivity index (χ0) is 24.8. The van der Waals surface area contributed by atoms with Crippen molar-refractivity contribution >= 4 is 34.0 Å². The van der Waals surface area contributed by atoms with Crippen molar-refractivity contribution in [2.45, 2.75) is 32.7 Å². The Morgan fingerprint density at radius 2 is 1.80 bits per heavy atom. The Morgan fingerprint density at radius 1 is 1.11 bits per heavy atom. The van der Waals surface area contributed by atoms with Crippen LogP contribution < -0.4 is 9.64 Å². The standard InChI is InChI=1S/C27H31N3O4S/c1-4-34-26(32)21-14-16-29(17-15-21)25(31)19(2)30(23-12-8-9-13-24(23)33-3)27-28-22(18-35-27)20-10-6-5-7-11-20/h5-13,18-19,21H,4,14-17H2,1-3H3/t19-/m0/s1. The fourth-order valence-corrected chi connectivity index (χ4v) is 5.32. The van der Waals surface area contributed by atoms with Crippen LogP contribution in [0.3, 0.4) is 0 Å². The molecule has 0 aliphatic carbocycles. The molecule has 184 valence electrons. The van der Waals surface area contributed by atoms with Crippen LogP contribution in [0.4, 0.5) is 10.8 Å². The number of hydrogen-bond acceptors (Lipinski definition) is 7. The molecule has 0 spiro atoms. The van der Waals surface area contributed by atoms with Crippen LogP contribution in [0.15, 0.2) is 60.0 Å². The second-order valence-corrected chi connectivity index (χ2v) is 9.29. The first-order valence-electron chi connectivity index (χ1n) is 11.9. The van der Waals surface area contributed by atoms with E-state index in [1.807, 2.05) is 83.6 Å². The van der Waals surface area contributed by atoms with Crippen LogP contribution in [0, 0.1) is 5.92 Å². The topological polar surface area (TPSA) is 72.0 Å². The van der Waals surface area contributed by atoms with Crippen molar-refractivity contribution in [3.63, 3.8) is 0 Å². The van der Waals surface area contributed by atoms with Crippen LogP contribution >= 0.6 is 11.3 Å². The van der Waals surface area contributed by atoms with Crippen molar-refractivity contribution in [2.24, 2.45) is 5.92 Å². The highest BCUT2D eigenvalue weighted by Crippen LogP contribution is 2.39. The van der Waals surface area contributed by atoms with Gasteiger partial charge >= 0.3 is 5.97 Å². The monoisotopic (exact) mass is 493 g/mol. The predicted molar refractivity (Wildman–Crippen MR) is 138 cm³/mol. The molecule has 35 heavy (non-hydrogen) atoms. The number of anilines is 2. The van der Waals surface area contributed by atoms with Gasteiger partial charge in [0, 0.05) is 24.0 Å². The van der Waals surface area contributed by atoms with E-state index in [9.17, 15) is 9.59 Å². The number of benzene rings is 2. The molecule has 1 amide bonds. The highest BCUT2D eigenvalue weighted by atomic mass is 32.1. The van der Waals surface area contributed by atoms with Crippen molar-refractivity contribution in [2.75, 3.05) is 31.7 Å². The van der Waals surface area contributed by atoms with Crippen LogP contribution in [-0.4, -0.2) is 54.6 Å². The molecule has 1 aliphatic heterocycles. The number of para-hydroxylation sites is 2. The smallest absolute Gasteiger partial charge is 0.309 e. The lowest BCUT2D eigenvalue weighted by Crippen LogP contribution is -2.49. The summed E-state index contributed by atoms with van der Waals surface area (Å²) in [7, 11) is 1.63. The number of likely N-dealkylation sites (tertiary alicyclic amines) is 1. The molecule has 0 bridgehead atoms. The summed E-state index contributed by atoms with van der Waals surface area (Å²) in [6.45, 7) is 5.14. The zero-order valence-electron chi connectivity index (χ0n) is 20.3. The van der Waals surface area contributed by atoms with Gasteiger partial charge in [-0.1, -0.05) is 42.5 Å². The molecular weight excluding hydrogens is 462 g/mol. The molecule has 8 heteroatoms. The molecule has 3 aromatic rings. The number of hydrogen-bond donors (Lipinski definition) is 0. The van der Waals surface area contributed by atoms with Crippen molar-refractivity contribution in [1.82, 2.24) is 9.88 Å². The number of methoxy groups -OCH3 is 1. The number of thiazole rings is 1. The lowest BCUT2D eigenvalue weighted by molar-refractivity contribution is -0.151. The number of nitrogens with zero attached hydrogens (tertiary/aromatic N) is 3. The van der Waals surface area contributed by atoms with Gasteiger partial charge in [-0.15, -0.1) is 11.3 Å². The van der Waals surface area contributed by atoms with Crippen molar-refractivity contribution < 1.29 is 19.1 Å².